The van der Waals surface area contributed by atoms with Gasteiger partial charge in [-0.2, -0.15) is 5.10 Å². The van der Waals surface area contributed by atoms with Crippen LogP contribution in [0.1, 0.15) is 63.0 Å². The molecule has 1 aliphatic carbocycles. The van der Waals surface area contributed by atoms with Crippen LogP contribution in [0.15, 0.2) is 18.2 Å². The quantitative estimate of drug-likeness (QED) is 0.743. The molecule has 0 bridgehead atoms. The second kappa shape index (κ2) is 8.89. The van der Waals surface area contributed by atoms with Crippen molar-refractivity contribution in [2.75, 3.05) is 7.11 Å². The van der Waals surface area contributed by atoms with Crippen LogP contribution in [0.3, 0.4) is 0 Å². The van der Waals surface area contributed by atoms with Crippen LogP contribution < -0.4 is 5.73 Å². The molecule has 1 fully saturated rings. The van der Waals surface area contributed by atoms with Crippen LogP contribution in [0.25, 0.3) is 5.69 Å². The average molecular weight is 378 g/mol. The standard InChI is InChI=1S/C20H28F2N4O/c1-3-4-5-6-19-24-20(13-7-10-18(27-2)16(23)11-13)26(25-19)17-9-8-14(21)12-15(17)22/h8-9,12-13,16,18H,3-7,10-11,23H2,1-2H3/t13-,16+,18+/m0/s1. The largest absolute Gasteiger partial charge is 0.380 e. The Morgan fingerprint density at radius 3 is 2.74 bits per heavy atom. The van der Waals surface area contributed by atoms with Gasteiger partial charge in [-0.25, -0.2) is 18.4 Å². The smallest absolute Gasteiger partial charge is 0.151 e. The minimum absolute atomic E-state index is 0.0317. The zero-order valence-corrected chi connectivity index (χ0v) is 16.0. The molecule has 1 aromatic heterocycles. The van der Waals surface area contributed by atoms with Crippen LogP contribution in [-0.2, 0) is 11.2 Å². The summed E-state index contributed by atoms with van der Waals surface area (Å²) in [6.07, 6.45) is 6.35. The number of hydrogen-bond acceptors (Lipinski definition) is 4. The SMILES string of the molecule is CCCCCc1nc([C@H]2CC[C@@H](OC)[C@H](N)C2)n(-c2ccc(F)cc2F)n1. The van der Waals surface area contributed by atoms with Gasteiger partial charge in [0.15, 0.2) is 11.6 Å². The zero-order chi connectivity index (χ0) is 19.4. The van der Waals surface area contributed by atoms with Crippen LogP contribution >= 0.6 is 0 Å². The number of nitrogens with two attached hydrogens (primary N) is 1. The molecular weight excluding hydrogens is 350 g/mol. The van der Waals surface area contributed by atoms with E-state index in [-0.39, 0.29) is 23.8 Å². The summed E-state index contributed by atoms with van der Waals surface area (Å²) >= 11 is 0. The van der Waals surface area contributed by atoms with E-state index >= 15 is 0 Å². The highest BCUT2D eigenvalue weighted by Crippen LogP contribution is 2.34. The van der Waals surface area contributed by atoms with Gasteiger partial charge in [0, 0.05) is 31.6 Å². The van der Waals surface area contributed by atoms with Gasteiger partial charge in [-0.1, -0.05) is 19.8 Å². The number of hydrogen-bond donors (Lipinski definition) is 1. The van der Waals surface area contributed by atoms with Gasteiger partial charge in [0.2, 0.25) is 0 Å². The van der Waals surface area contributed by atoms with Crippen LogP contribution in [0, 0.1) is 11.6 Å². The summed E-state index contributed by atoms with van der Waals surface area (Å²) in [4.78, 5) is 4.73. The van der Waals surface area contributed by atoms with Gasteiger partial charge in [-0.15, -0.1) is 0 Å². The Morgan fingerprint density at radius 2 is 2.07 bits per heavy atom. The number of aromatic nitrogens is 3. The number of benzene rings is 1. The fraction of sp³-hybridized carbons (Fsp3) is 0.600. The number of methoxy groups -OCH3 is 1. The first-order valence-corrected chi connectivity index (χ1v) is 9.73. The lowest BCUT2D eigenvalue weighted by Gasteiger charge is -2.32. The maximum absolute atomic E-state index is 14.4. The summed E-state index contributed by atoms with van der Waals surface area (Å²) in [5.41, 5.74) is 6.48. The summed E-state index contributed by atoms with van der Waals surface area (Å²) in [7, 11) is 1.67. The van der Waals surface area contributed by atoms with Crippen molar-refractivity contribution < 1.29 is 13.5 Å². The monoisotopic (exact) mass is 378 g/mol. The topological polar surface area (TPSA) is 66.0 Å². The second-order valence-corrected chi connectivity index (χ2v) is 7.30. The van der Waals surface area contributed by atoms with Gasteiger partial charge >= 0.3 is 0 Å². The highest BCUT2D eigenvalue weighted by Gasteiger charge is 2.32. The van der Waals surface area contributed by atoms with Gasteiger partial charge in [-0.05, 0) is 37.8 Å². The van der Waals surface area contributed by atoms with Crippen LogP contribution in [-0.4, -0.2) is 34.0 Å². The fourth-order valence-electron chi connectivity index (χ4n) is 3.81. The van der Waals surface area contributed by atoms with E-state index in [2.05, 4.69) is 12.0 Å². The van der Waals surface area contributed by atoms with Gasteiger partial charge in [0.25, 0.3) is 0 Å². The molecule has 2 aromatic rings. The van der Waals surface area contributed by atoms with Gasteiger partial charge in [-0.3, -0.25) is 0 Å². The zero-order valence-electron chi connectivity index (χ0n) is 16.0. The molecule has 0 aliphatic heterocycles. The van der Waals surface area contributed by atoms with E-state index in [4.69, 9.17) is 15.5 Å². The third-order valence-corrected chi connectivity index (χ3v) is 5.32. The molecule has 0 saturated heterocycles. The van der Waals surface area contributed by atoms with Crippen LogP contribution in [0.2, 0.25) is 0 Å². The Labute approximate surface area is 158 Å². The minimum Gasteiger partial charge on any atom is -0.380 e. The molecule has 148 valence electrons. The minimum atomic E-state index is -0.642. The van der Waals surface area contributed by atoms with E-state index in [1.54, 1.807) is 11.8 Å². The lowest BCUT2D eigenvalue weighted by atomic mass is 9.83. The highest BCUT2D eigenvalue weighted by atomic mass is 19.1. The summed E-state index contributed by atoms with van der Waals surface area (Å²) < 4.78 is 34.7. The van der Waals surface area contributed by atoms with Crippen molar-refractivity contribution >= 4 is 0 Å². The van der Waals surface area contributed by atoms with E-state index < -0.39 is 11.6 Å². The van der Waals surface area contributed by atoms with Gasteiger partial charge < -0.3 is 10.5 Å². The van der Waals surface area contributed by atoms with E-state index in [9.17, 15) is 8.78 Å². The third kappa shape index (κ3) is 4.52. The van der Waals surface area contributed by atoms with Crippen molar-refractivity contribution in [2.45, 2.75) is 69.9 Å². The molecule has 3 atom stereocenters. The lowest BCUT2D eigenvalue weighted by Crippen LogP contribution is -2.41. The Balaban J connectivity index is 1.93. The summed E-state index contributed by atoms with van der Waals surface area (Å²) in [5.74, 6) is 0.227. The van der Waals surface area contributed by atoms with Crippen molar-refractivity contribution in [3.05, 3.63) is 41.5 Å². The fourth-order valence-corrected chi connectivity index (χ4v) is 3.81. The number of unbranched alkanes of at least 4 members (excludes halogenated alkanes) is 2. The van der Waals surface area contributed by atoms with Crippen molar-refractivity contribution in [2.24, 2.45) is 5.73 Å². The Bertz CT molecular complexity index is 764. The highest BCUT2D eigenvalue weighted by molar-refractivity contribution is 5.34. The Hall–Kier alpha value is -1.86. The molecular formula is C20H28F2N4O. The first-order chi connectivity index (χ1) is 13.0. The van der Waals surface area contributed by atoms with E-state index in [0.717, 1.165) is 44.6 Å². The number of ether oxygens (including phenoxy) is 1. The second-order valence-electron chi connectivity index (χ2n) is 7.30. The van der Waals surface area contributed by atoms with Crippen molar-refractivity contribution in [1.29, 1.82) is 0 Å². The van der Waals surface area contributed by atoms with E-state index in [1.165, 1.54) is 12.1 Å². The maximum atomic E-state index is 14.4. The molecule has 0 amide bonds. The molecule has 5 nitrogen and oxygen atoms in total. The number of aryl methyl sites for hydroxylation is 1. The number of halogens is 2. The molecule has 1 saturated carbocycles. The average Bonchev–Trinajstić information content (AvgIpc) is 3.05. The van der Waals surface area contributed by atoms with Gasteiger partial charge in [0.1, 0.15) is 17.3 Å². The molecule has 2 N–H and O–H groups in total. The van der Waals surface area contributed by atoms with Crippen LogP contribution in [0.5, 0.6) is 0 Å². The Kier molecular flexibility index (Phi) is 6.55. The molecule has 7 heteroatoms. The Morgan fingerprint density at radius 1 is 1.26 bits per heavy atom. The molecule has 0 spiro atoms. The summed E-state index contributed by atoms with van der Waals surface area (Å²) in [5, 5.41) is 4.55. The summed E-state index contributed by atoms with van der Waals surface area (Å²) in [6.45, 7) is 2.14. The normalized spacial score (nSPS) is 22.9. The third-order valence-electron chi connectivity index (χ3n) is 5.32. The molecule has 3 rings (SSSR count). The van der Waals surface area contributed by atoms with Crippen LogP contribution in [0.4, 0.5) is 8.78 Å². The molecule has 0 radical (unpaired) electrons. The maximum Gasteiger partial charge on any atom is 0.151 e. The lowest BCUT2D eigenvalue weighted by molar-refractivity contribution is 0.0482. The number of nitrogens with zero attached hydrogens (tertiary/aromatic N) is 3. The predicted molar refractivity (Wildman–Crippen MR) is 99.9 cm³/mol. The predicted octanol–water partition coefficient (Wildman–Crippen LogP) is 3.89. The van der Waals surface area contributed by atoms with E-state index in [1.807, 2.05) is 0 Å². The molecule has 1 aliphatic rings. The van der Waals surface area contributed by atoms with Gasteiger partial charge in [0.05, 0.1) is 6.10 Å². The molecule has 1 heterocycles. The first-order valence-electron chi connectivity index (χ1n) is 9.73. The van der Waals surface area contributed by atoms with Crippen molar-refractivity contribution in [1.82, 2.24) is 14.8 Å². The number of rotatable bonds is 7. The molecule has 27 heavy (non-hydrogen) atoms. The molecule has 0 unspecified atom stereocenters. The first kappa shape index (κ1) is 19.9. The van der Waals surface area contributed by atoms with E-state index in [0.29, 0.717) is 18.1 Å². The van der Waals surface area contributed by atoms with Crippen molar-refractivity contribution in [3.8, 4) is 5.69 Å². The summed E-state index contributed by atoms with van der Waals surface area (Å²) in [6, 6.07) is 3.44. The molecule has 1 aromatic carbocycles. The van der Waals surface area contributed by atoms with Crippen molar-refractivity contribution in [3.63, 3.8) is 0 Å².